The Hall–Kier alpha value is -2.69. The number of rotatable bonds is 10. The second-order valence-corrected chi connectivity index (χ2v) is 7.87. The maximum absolute atomic E-state index is 13.1. The van der Waals surface area contributed by atoms with Gasteiger partial charge in [0.2, 0.25) is 11.8 Å². The third-order valence-corrected chi connectivity index (χ3v) is 5.61. The smallest absolute Gasteiger partial charge is 0.328 e. The summed E-state index contributed by atoms with van der Waals surface area (Å²) in [6, 6.07) is 5.53. The van der Waals surface area contributed by atoms with Gasteiger partial charge >= 0.3 is 5.97 Å². The Labute approximate surface area is 187 Å². The van der Waals surface area contributed by atoms with Gasteiger partial charge in [-0.05, 0) is 17.7 Å². The van der Waals surface area contributed by atoms with Crippen LogP contribution in [0.1, 0.15) is 5.56 Å². The van der Waals surface area contributed by atoms with Crippen molar-refractivity contribution in [1.29, 1.82) is 0 Å². The van der Waals surface area contributed by atoms with Gasteiger partial charge in [0.25, 0.3) is 0 Å². The molecule has 2 aliphatic heterocycles. The molecule has 0 spiro atoms. The summed E-state index contributed by atoms with van der Waals surface area (Å²) in [5.74, 6) is -0.693. The Morgan fingerprint density at radius 1 is 1.06 bits per heavy atom. The van der Waals surface area contributed by atoms with Gasteiger partial charge in [-0.1, -0.05) is 12.1 Å². The third kappa shape index (κ3) is 6.65. The summed E-state index contributed by atoms with van der Waals surface area (Å²) < 4.78 is 20.6. The minimum atomic E-state index is -0.888. The molecule has 32 heavy (non-hydrogen) atoms. The van der Waals surface area contributed by atoms with Gasteiger partial charge in [-0.25, -0.2) is 4.79 Å². The lowest BCUT2D eigenvalue weighted by Crippen LogP contribution is -2.60. The molecule has 10 heteroatoms. The van der Waals surface area contributed by atoms with Crippen LogP contribution in [0.4, 0.5) is 0 Å². The summed E-state index contributed by atoms with van der Waals surface area (Å²) in [6.45, 7) is 3.44. The number of ether oxygens (including phenoxy) is 4. The van der Waals surface area contributed by atoms with E-state index in [4.69, 9.17) is 18.9 Å². The summed E-state index contributed by atoms with van der Waals surface area (Å²) in [7, 11) is 2.85. The number of nitrogens with zero attached hydrogens (tertiary/aromatic N) is 1. The standard InChI is InChI=1S/C22H31N3O7/c1-29-17-5-3-15(4-6-17)11-18(22(28)30-2)23-21(27)20(16-13-32-14-16)24-19(26)12-25-7-9-31-10-8-25/h3-6,16,18,20H,7-14H2,1-2H3,(H,23,27)(H,24,26)/t18?,20-/m0/s1. The molecule has 1 unspecified atom stereocenters. The van der Waals surface area contributed by atoms with Gasteiger partial charge in [0.15, 0.2) is 0 Å². The van der Waals surface area contributed by atoms with Gasteiger partial charge in [-0.15, -0.1) is 0 Å². The molecule has 2 amide bonds. The molecule has 10 nitrogen and oxygen atoms in total. The van der Waals surface area contributed by atoms with Crippen molar-refractivity contribution in [3.63, 3.8) is 0 Å². The first-order valence-electron chi connectivity index (χ1n) is 10.7. The second kappa shape index (κ2) is 11.8. The molecule has 0 aromatic heterocycles. The van der Waals surface area contributed by atoms with Gasteiger partial charge in [0, 0.05) is 25.4 Å². The van der Waals surface area contributed by atoms with E-state index in [-0.39, 0.29) is 24.8 Å². The Bertz CT molecular complexity index is 776. The normalized spacial score (nSPS) is 18.7. The topological polar surface area (TPSA) is 115 Å². The van der Waals surface area contributed by atoms with E-state index in [1.165, 1.54) is 7.11 Å². The monoisotopic (exact) mass is 449 g/mol. The van der Waals surface area contributed by atoms with Gasteiger partial charge < -0.3 is 29.6 Å². The predicted octanol–water partition coefficient (Wildman–Crippen LogP) is -0.641. The fourth-order valence-corrected chi connectivity index (χ4v) is 3.62. The highest BCUT2D eigenvalue weighted by Gasteiger charge is 2.37. The molecule has 3 rings (SSSR count). The van der Waals surface area contributed by atoms with Crippen molar-refractivity contribution in [2.24, 2.45) is 5.92 Å². The van der Waals surface area contributed by atoms with Crippen LogP contribution in [-0.2, 0) is 35.0 Å². The molecule has 0 aliphatic carbocycles. The van der Waals surface area contributed by atoms with Crippen molar-refractivity contribution < 1.29 is 33.3 Å². The number of esters is 1. The van der Waals surface area contributed by atoms with Crippen LogP contribution in [0.5, 0.6) is 5.75 Å². The Balaban J connectivity index is 1.63. The number of nitrogens with one attached hydrogen (secondary N) is 2. The third-order valence-electron chi connectivity index (χ3n) is 5.61. The highest BCUT2D eigenvalue weighted by molar-refractivity contribution is 5.91. The molecule has 176 valence electrons. The lowest BCUT2D eigenvalue weighted by molar-refractivity contribution is -0.146. The van der Waals surface area contributed by atoms with Crippen LogP contribution in [0.2, 0.25) is 0 Å². The van der Waals surface area contributed by atoms with Crippen molar-refractivity contribution in [2.45, 2.75) is 18.5 Å². The molecular weight excluding hydrogens is 418 g/mol. The maximum Gasteiger partial charge on any atom is 0.328 e. The second-order valence-electron chi connectivity index (χ2n) is 7.87. The zero-order valence-corrected chi connectivity index (χ0v) is 18.5. The number of hydrogen-bond acceptors (Lipinski definition) is 8. The Kier molecular flexibility index (Phi) is 8.83. The molecular formula is C22H31N3O7. The number of benzene rings is 1. The summed E-state index contributed by atoms with van der Waals surface area (Å²) in [6.07, 6.45) is 0.248. The van der Waals surface area contributed by atoms with E-state index in [1.54, 1.807) is 19.2 Å². The highest BCUT2D eigenvalue weighted by Crippen LogP contribution is 2.17. The number of methoxy groups -OCH3 is 2. The lowest BCUT2D eigenvalue weighted by atomic mass is 9.96. The molecule has 0 saturated carbocycles. The molecule has 2 N–H and O–H groups in total. The van der Waals surface area contributed by atoms with Crippen LogP contribution in [0, 0.1) is 5.92 Å². The lowest BCUT2D eigenvalue weighted by Gasteiger charge is -2.34. The Morgan fingerprint density at radius 2 is 1.75 bits per heavy atom. The average Bonchev–Trinajstić information content (AvgIpc) is 2.77. The molecule has 1 aromatic rings. The first-order chi connectivity index (χ1) is 15.5. The molecule has 0 radical (unpaired) electrons. The highest BCUT2D eigenvalue weighted by atomic mass is 16.5. The van der Waals surface area contributed by atoms with Crippen LogP contribution in [0.15, 0.2) is 24.3 Å². The average molecular weight is 450 g/mol. The summed E-state index contributed by atoms with van der Waals surface area (Å²) in [5.41, 5.74) is 0.835. The van der Waals surface area contributed by atoms with Gasteiger partial charge in [-0.2, -0.15) is 0 Å². The van der Waals surface area contributed by atoms with Gasteiger partial charge in [0.1, 0.15) is 17.8 Å². The van der Waals surface area contributed by atoms with E-state index in [0.29, 0.717) is 45.3 Å². The largest absolute Gasteiger partial charge is 0.497 e. The number of carbonyl (C=O) groups is 3. The molecule has 1 aromatic carbocycles. The summed E-state index contributed by atoms with van der Waals surface area (Å²) in [5, 5.41) is 5.58. The SMILES string of the molecule is COC(=O)C(Cc1ccc(OC)cc1)NC(=O)[C@@H](NC(=O)CN1CCOCC1)C1COC1. The van der Waals surface area contributed by atoms with Crippen molar-refractivity contribution in [1.82, 2.24) is 15.5 Å². The van der Waals surface area contributed by atoms with Crippen LogP contribution < -0.4 is 15.4 Å². The predicted molar refractivity (Wildman–Crippen MR) is 114 cm³/mol. The summed E-state index contributed by atoms with van der Waals surface area (Å²) >= 11 is 0. The van der Waals surface area contributed by atoms with E-state index in [1.807, 2.05) is 17.0 Å². The van der Waals surface area contributed by atoms with Crippen LogP contribution in [0.3, 0.4) is 0 Å². The van der Waals surface area contributed by atoms with E-state index in [0.717, 1.165) is 5.56 Å². The minimum Gasteiger partial charge on any atom is -0.497 e. The van der Waals surface area contributed by atoms with E-state index < -0.39 is 24.0 Å². The Morgan fingerprint density at radius 3 is 2.31 bits per heavy atom. The first-order valence-corrected chi connectivity index (χ1v) is 10.7. The molecule has 2 heterocycles. The number of morpholine rings is 1. The fourth-order valence-electron chi connectivity index (χ4n) is 3.62. The molecule has 2 fully saturated rings. The first kappa shape index (κ1) is 24.0. The molecule has 2 aliphatic rings. The number of carbonyl (C=O) groups excluding carboxylic acids is 3. The number of amides is 2. The van der Waals surface area contributed by atoms with E-state index in [2.05, 4.69) is 10.6 Å². The number of hydrogen-bond donors (Lipinski definition) is 2. The maximum atomic E-state index is 13.1. The zero-order chi connectivity index (χ0) is 22.9. The molecule has 2 saturated heterocycles. The van der Waals surface area contributed by atoms with Crippen molar-refractivity contribution in [3.8, 4) is 5.75 Å². The van der Waals surface area contributed by atoms with Crippen LogP contribution in [-0.4, -0.2) is 95.0 Å². The van der Waals surface area contributed by atoms with Crippen molar-refractivity contribution in [3.05, 3.63) is 29.8 Å². The van der Waals surface area contributed by atoms with Crippen LogP contribution in [0.25, 0.3) is 0 Å². The molecule has 0 bridgehead atoms. The van der Waals surface area contributed by atoms with Crippen molar-refractivity contribution >= 4 is 17.8 Å². The van der Waals surface area contributed by atoms with E-state index >= 15 is 0 Å². The van der Waals surface area contributed by atoms with Crippen LogP contribution >= 0.6 is 0 Å². The summed E-state index contributed by atoms with van der Waals surface area (Å²) in [4.78, 5) is 40.0. The van der Waals surface area contributed by atoms with E-state index in [9.17, 15) is 14.4 Å². The molecule has 2 atom stereocenters. The fraction of sp³-hybridized carbons (Fsp3) is 0.591. The van der Waals surface area contributed by atoms with Gasteiger partial charge in [0.05, 0.1) is 47.2 Å². The van der Waals surface area contributed by atoms with Gasteiger partial charge in [-0.3, -0.25) is 14.5 Å². The quantitative estimate of drug-likeness (QED) is 0.453. The minimum absolute atomic E-state index is 0.150. The zero-order valence-electron chi connectivity index (χ0n) is 18.5. The van der Waals surface area contributed by atoms with Crippen molar-refractivity contribution in [2.75, 3.05) is 60.3 Å².